The Morgan fingerprint density at radius 1 is 1.07 bits per heavy atom. The van der Waals surface area contributed by atoms with E-state index in [9.17, 15) is 0 Å². The molecule has 1 aromatic heterocycles. The topological polar surface area (TPSA) is 46.8 Å². The predicted octanol–water partition coefficient (Wildman–Crippen LogP) is 5.34. The fraction of sp³-hybridized carbons (Fsp3) is 0.227. The summed E-state index contributed by atoms with van der Waals surface area (Å²) in [6.45, 7) is 0. The summed E-state index contributed by atoms with van der Waals surface area (Å²) < 4.78 is 5.68. The van der Waals surface area contributed by atoms with Crippen molar-refractivity contribution < 1.29 is 4.74 Å². The number of rotatable bonds is 4. The van der Waals surface area contributed by atoms with Gasteiger partial charge in [-0.25, -0.2) is 9.98 Å². The van der Waals surface area contributed by atoms with E-state index in [1.807, 2.05) is 36.0 Å². The maximum absolute atomic E-state index is 6.27. The number of hydrogen-bond acceptors (Lipinski definition) is 5. The first-order valence-electron chi connectivity index (χ1n) is 9.13. The summed E-state index contributed by atoms with van der Waals surface area (Å²) >= 11 is 8.07. The maximum Gasteiger partial charge on any atom is 0.257 e. The normalized spacial score (nSPS) is 22.1. The van der Waals surface area contributed by atoms with Crippen molar-refractivity contribution >= 4 is 46.7 Å². The second-order valence-corrected chi connectivity index (χ2v) is 8.67. The second-order valence-electron chi connectivity index (χ2n) is 6.95. The molecule has 0 unspecified atom stereocenters. The number of aliphatic imine (C=N–C) groups is 2. The molecule has 6 heteroatoms. The number of halogens is 1. The van der Waals surface area contributed by atoms with Gasteiger partial charge in [0.25, 0.3) is 5.85 Å². The number of pyridine rings is 1. The van der Waals surface area contributed by atoms with Gasteiger partial charge in [0.2, 0.25) is 0 Å². The lowest BCUT2D eigenvalue weighted by Crippen LogP contribution is -2.31. The summed E-state index contributed by atoms with van der Waals surface area (Å²) in [4.78, 5) is 15.1. The highest BCUT2D eigenvalue weighted by Crippen LogP contribution is 2.52. The zero-order valence-electron chi connectivity index (χ0n) is 15.2. The fourth-order valence-electron chi connectivity index (χ4n) is 3.95. The van der Waals surface area contributed by atoms with Crippen LogP contribution >= 0.6 is 23.4 Å². The van der Waals surface area contributed by atoms with Crippen molar-refractivity contribution in [3.8, 4) is 0 Å². The van der Waals surface area contributed by atoms with Crippen LogP contribution in [0.3, 0.4) is 0 Å². The van der Waals surface area contributed by atoms with Crippen LogP contribution in [0.25, 0.3) is 10.9 Å². The number of hydrogen-bond donors (Lipinski definition) is 0. The second kappa shape index (κ2) is 6.99. The molecule has 5 rings (SSSR count). The minimum absolute atomic E-state index is 0.125. The molecule has 2 atom stereocenters. The van der Waals surface area contributed by atoms with E-state index in [4.69, 9.17) is 21.3 Å². The standard InChI is InChI=1S/C22H18ClN3OS/c1-27-22(24-10-11-25-22)13-20-21(16-8-7-15(23)12-19(16)28-20)18-9-6-14-4-2-3-5-17(14)26-18/h2-12,20-21H,13H2,1H3/t20-,21+/m0/s1. The van der Waals surface area contributed by atoms with Crippen LogP contribution in [0, 0.1) is 0 Å². The number of aromatic nitrogens is 1. The first-order valence-corrected chi connectivity index (χ1v) is 10.4. The number of benzene rings is 2. The van der Waals surface area contributed by atoms with E-state index < -0.39 is 5.85 Å². The summed E-state index contributed by atoms with van der Waals surface area (Å²) in [6.07, 6.45) is 4.07. The summed E-state index contributed by atoms with van der Waals surface area (Å²) in [6, 6.07) is 18.6. The molecule has 140 valence electrons. The number of nitrogens with zero attached hydrogens (tertiary/aromatic N) is 3. The number of ether oxygens (including phenoxy) is 1. The maximum atomic E-state index is 6.27. The van der Waals surface area contributed by atoms with Crippen LogP contribution in [0.1, 0.15) is 23.6 Å². The SMILES string of the molecule is COC1(C[C@@H]2Sc3cc(Cl)ccc3[C@@H]2c2ccc3ccccc3n2)N=CC=N1. The number of para-hydroxylation sites is 1. The molecule has 0 fully saturated rings. The molecule has 2 aliphatic rings. The molecule has 0 N–H and O–H groups in total. The molecule has 0 spiro atoms. The van der Waals surface area contributed by atoms with Gasteiger partial charge in [0.05, 0.1) is 5.52 Å². The zero-order valence-corrected chi connectivity index (χ0v) is 16.8. The average Bonchev–Trinajstić information content (AvgIpc) is 3.32. The third-order valence-corrected chi connectivity index (χ3v) is 6.90. The Kier molecular flexibility index (Phi) is 4.46. The van der Waals surface area contributed by atoms with Crippen LogP contribution in [0.15, 0.2) is 69.5 Å². The molecule has 2 aliphatic heterocycles. The first kappa shape index (κ1) is 17.9. The molecule has 28 heavy (non-hydrogen) atoms. The first-order chi connectivity index (χ1) is 13.7. The Hall–Kier alpha value is -2.21. The van der Waals surface area contributed by atoms with Gasteiger partial charge in [-0.3, -0.25) is 4.98 Å². The highest BCUT2D eigenvalue weighted by molar-refractivity contribution is 8.00. The third-order valence-electron chi connectivity index (χ3n) is 5.31. The average molecular weight is 408 g/mol. The van der Waals surface area contributed by atoms with Crippen molar-refractivity contribution in [3.05, 3.63) is 70.9 Å². The minimum atomic E-state index is -0.849. The van der Waals surface area contributed by atoms with Gasteiger partial charge in [-0.1, -0.05) is 41.9 Å². The zero-order chi connectivity index (χ0) is 19.1. The van der Waals surface area contributed by atoms with Gasteiger partial charge in [0.15, 0.2) is 0 Å². The van der Waals surface area contributed by atoms with Crippen molar-refractivity contribution in [3.63, 3.8) is 0 Å². The van der Waals surface area contributed by atoms with E-state index in [-0.39, 0.29) is 11.2 Å². The van der Waals surface area contributed by atoms with Gasteiger partial charge in [0.1, 0.15) is 0 Å². The van der Waals surface area contributed by atoms with E-state index in [0.29, 0.717) is 6.42 Å². The van der Waals surface area contributed by atoms with Gasteiger partial charge in [0, 0.05) is 58.1 Å². The molecule has 0 aliphatic carbocycles. The molecule has 0 bridgehead atoms. The molecule has 3 heterocycles. The van der Waals surface area contributed by atoms with Gasteiger partial charge in [-0.05, 0) is 29.8 Å². The van der Waals surface area contributed by atoms with Gasteiger partial charge in [-0.15, -0.1) is 11.8 Å². The molecule has 3 aromatic rings. The van der Waals surface area contributed by atoms with E-state index in [1.54, 1.807) is 19.5 Å². The number of fused-ring (bicyclic) bond motifs is 2. The molecule has 0 saturated heterocycles. The summed E-state index contributed by atoms with van der Waals surface area (Å²) in [5.41, 5.74) is 3.30. The summed E-state index contributed by atoms with van der Waals surface area (Å²) in [5, 5.41) is 2.08. The van der Waals surface area contributed by atoms with Crippen molar-refractivity contribution in [2.24, 2.45) is 9.98 Å². The van der Waals surface area contributed by atoms with E-state index >= 15 is 0 Å². The molecule has 0 saturated carbocycles. The lowest BCUT2D eigenvalue weighted by Gasteiger charge is -2.27. The summed E-state index contributed by atoms with van der Waals surface area (Å²) in [5.74, 6) is -0.724. The predicted molar refractivity (Wildman–Crippen MR) is 116 cm³/mol. The lowest BCUT2D eigenvalue weighted by molar-refractivity contribution is 0.000690. The molecular weight excluding hydrogens is 390 g/mol. The van der Waals surface area contributed by atoms with Gasteiger partial charge in [-0.2, -0.15) is 0 Å². The minimum Gasteiger partial charge on any atom is -0.339 e. The Morgan fingerprint density at radius 2 is 1.89 bits per heavy atom. The Balaban J connectivity index is 1.59. The Morgan fingerprint density at radius 3 is 2.71 bits per heavy atom. The third kappa shape index (κ3) is 3.04. The molecule has 4 nitrogen and oxygen atoms in total. The fourth-order valence-corrected chi connectivity index (χ4v) is 5.76. The number of methoxy groups -OCH3 is 1. The smallest absolute Gasteiger partial charge is 0.257 e. The van der Waals surface area contributed by atoms with E-state index in [2.05, 4.69) is 40.3 Å². The summed E-state index contributed by atoms with van der Waals surface area (Å²) in [7, 11) is 1.66. The highest BCUT2D eigenvalue weighted by atomic mass is 35.5. The largest absolute Gasteiger partial charge is 0.339 e. The van der Waals surface area contributed by atoms with Crippen LogP contribution in [0.2, 0.25) is 5.02 Å². The highest BCUT2D eigenvalue weighted by Gasteiger charge is 2.42. The van der Waals surface area contributed by atoms with Crippen molar-refractivity contribution in [2.45, 2.75) is 28.3 Å². The van der Waals surface area contributed by atoms with Crippen LogP contribution in [0.4, 0.5) is 0 Å². The molecular formula is C22H18ClN3OS. The molecule has 2 aromatic carbocycles. The Labute approximate surface area is 172 Å². The quantitative estimate of drug-likeness (QED) is 0.586. The number of thioether (sulfide) groups is 1. The van der Waals surface area contributed by atoms with Crippen molar-refractivity contribution in [1.82, 2.24) is 4.98 Å². The lowest BCUT2D eigenvalue weighted by atomic mass is 9.89. The van der Waals surface area contributed by atoms with Crippen molar-refractivity contribution in [2.75, 3.05) is 7.11 Å². The Bertz CT molecular complexity index is 1100. The monoisotopic (exact) mass is 407 g/mol. The molecule has 0 amide bonds. The van der Waals surface area contributed by atoms with Crippen LogP contribution < -0.4 is 0 Å². The van der Waals surface area contributed by atoms with Gasteiger partial charge < -0.3 is 4.74 Å². The van der Waals surface area contributed by atoms with E-state index in [0.717, 1.165) is 21.6 Å². The molecule has 0 radical (unpaired) electrons. The van der Waals surface area contributed by atoms with Crippen LogP contribution in [-0.2, 0) is 4.74 Å². The van der Waals surface area contributed by atoms with E-state index in [1.165, 1.54) is 10.5 Å². The van der Waals surface area contributed by atoms with Crippen LogP contribution in [-0.4, -0.2) is 35.6 Å². The van der Waals surface area contributed by atoms with Crippen LogP contribution in [0.5, 0.6) is 0 Å². The van der Waals surface area contributed by atoms with Gasteiger partial charge >= 0.3 is 0 Å². The van der Waals surface area contributed by atoms with Crippen molar-refractivity contribution in [1.29, 1.82) is 0 Å².